The van der Waals surface area contributed by atoms with Gasteiger partial charge in [-0.15, -0.1) is 0 Å². The summed E-state index contributed by atoms with van der Waals surface area (Å²) in [5.74, 6) is 0. The maximum absolute atomic E-state index is 9.00. The van der Waals surface area contributed by atoms with Crippen molar-refractivity contribution in [2.24, 2.45) is 0 Å². The van der Waals surface area contributed by atoms with E-state index in [2.05, 4.69) is 415 Å². The number of rotatable bonds is 30. The molecular formula is C90H210O15Si15. The van der Waals surface area contributed by atoms with Gasteiger partial charge in [0, 0.05) is 0 Å². The second-order valence-corrected chi connectivity index (χ2v) is 116. The molecule has 720 valence electrons. The fourth-order valence-corrected chi connectivity index (χ4v) is 136. The SMILES string of the molecule is CC(C)[Si]1(C(C)C)O[Si](C(C)C)(C(C)C)O[Si](C(C)C)(C(C)C)O[Si](C(C)C)(C(C)C)O[Si](C(C)C)(C(C)C)O[Si](C(C)C)(C(C)C)O[Si](C(C)C)(C(C)C)O[Si](C(C)C)(C(C)C)O[Si](C(C)C)(C(C)C)O[Si](C(C)C)(C(C)C)O[Si](C(C)C)(C(C)C)O[Si](C(C)C)(C(C)C)O[Si](C(C)C)(C(C)C)O[Si](C(C)C)(C(C)C)O[Si](C(C)C)(C(C)C)O1. The van der Waals surface area contributed by atoms with Crippen LogP contribution in [0.1, 0.15) is 415 Å². The van der Waals surface area contributed by atoms with Crippen LogP contribution in [0.3, 0.4) is 0 Å². The molecular weight excluding hydrogens is 1740 g/mol. The van der Waals surface area contributed by atoms with Gasteiger partial charge in [0.15, 0.2) is 0 Å². The lowest BCUT2D eigenvalue weighted by Gasteiger charge is -2.60. The predicted octanol–water partition coefficient (Wildman–Crippen LogP) is 34.2. The smallest absolute Gasteiger partial charge is 0.325 e. The first kappa shape index (κ1) is 121. The van der Waals surface area contributed by atoms with E-state index in [-0.39, 0.29) is 166 Å². The monoisotopic (exact) mass is 1950 g/mol. The molecule has 0 N–H and O–H groups in total. The van der Waals surface area contributed by atoms with Crippen molar-refractivity contribution in [3.05, 3.63) is 0 Å². The molecule has 15 nitrogen and oxygen atoms in total. The molecule has 1 rings (SSSR count). The summed E-state index contributed by atoms with van der Waals surface area (Å²) in [6.07, 6.45) is 0. The van der Waals surface area contributed by atoms with Gasteiger partial charge in [0.1, 0.15) is 0 Å². The van der Waals surface area contributed by atoms with E-state index in [1.165, 1.54) is 0 Å². The lowest BCUT2D eigenvalue weighted by atomic mass is 10.5. The van der Waals surface area contributed by atoms with Crippen LogP contribution in [-0.4, -0.2) is 128 Å². The Morgan fingerprint density at radius 3 is 0.108 bits per heavy atom. The Labute approximate surface area is 765 Å². The third kappa shape index (κ3) is 23.2. The van der Waals surface area contributed by atoms with E-state index in [1.54, 1.807) is 0 Å². The zero-order chi connectivity index (χ0) is 95.4. The highest BCUT2D eigenvalue weighted by Gasteiger charge is 2.74. The number of hydrogen-bond donors (Lipinski definition) is 0. The van der Waals surface area contributed by atoms with E-state index in [0.717, 1.165) is 0 Å². The molecule has 0 unspecified atom stereocenters. The first-order valence-corrected chi connectivity index (χ1v) is 79.0. The van der Waals surface area contributed by atoms with Crippen molar-refractivity contribution >= 4 is 128 Å². The van der Waals surface area contributed by atoms with Crippen LogP contribution in [0.5, 0.6) is 0 Å². The maximum atomic E-state index is 9.00. The summed E-state index contributed by atoms with van der Waals surface area (Å²) < 4.78 is 135. The minimum atomic E-state index is -3.66. The quantitative estimate of drug-likeness (QED) is 0.0630. The van der Waals surface area contributed by atoms with Gasteiger partial charge in [0.2, 0.25) is 0 Å². The molecule has 0 aromatic heterocycles. The zero-order valence-corrected chi connectivity index (χ0v) is 106. The molecule has 0 radical (unpaired) electrons. The molecule has 1 aliphatic heterocycles. The van der Waals surface area contributed by atoms with Crippen molar-refractivity contribution in [2.45, 2.75) is 582 Å². The molecule has 0 aromatic carbocycles. The lowest BCUT2D eigenvalue weighted by Crippen LogP contribution is -2.75. The van der Waals surface area contributed by atoms with Crippen LogP contribution in [0, 0.1) is 0 Å². The third-order valence-electron chi connectivity index (χ3n) is 28.9. The van der Waals surface area contributed by atoms with E-state index in [9.17, 15) is 0 Å². The molecule has 0 spiro atoms. The summed E-state index contributed by atoms with van der Waals surface area (Å²) >= 11 is 0. The van der Waals surface area contributed by atoms with Gasteiger partial charge in [-0.3, -0.25) is 0 Å². The first-order chi connectivity index (χ1) is 53.9. The molecule has 30 heteroatoms. The predicted molar refractivity (Wildman–Crippen MR) is 556 cm³/mol. The van der Waals surface area contributed by atoms with E-state index in [0.29, 0.717) is 0 Å². The average Bonchev–Trinajstić information content (AvgIpc) is 0.723. The van der Waals surface area contributed by atoms with Gasteiger partial charge in [-0.25, -0.2) is 0 Å². The second kappa shape index (κ2) is 45.3. The Morgan fingerprint density at radius 1 is 0.0667 bits per heavy atom. The molecule has 0 bridgehead atoms. The molecule has 1 saturated heterocycles. The van der Waals surface area contributed by atoms with Crippen molar-refractivity contribution in [2.75, 3.05) is 0 Å². The molecule has 0 amide bonds. The van der Waals surface area contributed by atoms with Gasteiger partial charge < -0.3 is 61.7 Å². The van der Waals surface area contributed by atoms with Crippen molar-refractivity contribution < 1.29 is 61.7 Å². The van der Waals surface area contributed by atoms with Crippen LogP contribution in [0.4, 0.5) is 0 Å². The van der Waals surface area contributed by atoms with Crippen LogP contribution < -0.4 is 0 Å². The molecule has 0 saturated carbocycles. The summed E-state index contributed by atoms with van der Waals surface area (Å²) in [6, 6.07) is 0. The molecule has 120 heavy (non-hydrogen) atoms. The standard InChI is InChI=1S/C90H210O15Si15/c1-61(2)106(62(3)4)91-107(63(5)6,64(7)8)93-109(67(13)14,68(15)16)95-111(71(21)22,72(23)24)97-113(75(29)30,76(31)32)99-115(79(37)38,80(39)40)101-117(83(45)46,84(47)48)103-119(87(53)54,88(55)56)105-120(89(57)58,90(59)60)104-118(85(49)50,86(51)52)102-116(81(41)42,82(43)44)100-114(77(33)34,78(35)36)98-112(73(25)26,74(27)28)96-110(69(17)18,70(19)20)94-108(92-106,65(9)10)66(11)12/h61-90H,1-60H3. The normalized spacial score (nSPS) is 23.2. The van der Waals surface area contributed by atoms with Crippen molar-refractivity contribution in [1.82, 2.24) is 0 Å². The maximum Gasteiger partial charge on any atom is 0.325 e. The van der Waals surface area contributed by atoms with Gasteiger partial charge in [-0.1, -0.05) is 415 Å². The summed E-state index contributed by atoms with van der Waals surface area (Å²) in [4.78, 5) is 0. The van der Waals surface area contributed by atoms with Crippen LogP contribution in [0.25, 0.3) is 0 Å². The summed E-state index contributed by atoms with van der Waals surface area (Å²) in [7, 11) is -55.0. The fourth-order valence-electron chi connectivity index (χ4n) is 21.1. The van der Waals surface area contributed by atoms with Crippen molar-refractivity contribution in [3.8, 4) is 0 Å². The van der Waals surface area contributed by atoms with Crippen LogP contribution in [-0.2, 0) is 61.7 Å². The van der Waals surface area contributed by atoms with E-state index >= 15 is 0 Å². The molecule has 1 fully saturated rings. The summed E-state index contributed by atoms with van der Waals surface area (Å²) in [6.45, 7) is 144. The number of hydrogen-bond acceptors (Lipinski definition) is 15. The van der Waals surface area contributed by atoms with Crippen LogP contribution in [0.2, 0.25) is 166 Å². The highest BCUT2D eigenvalue weighted by atomic mass is 28.5. The Bertz CT molecular complexity index is 2060. The van der Waals surface area contributed by atoms with Crippen molar-refractivity contribution in [1.29, 1.82) is 0 Å². The summed E-state index contributed by atoms with van der Waals surface area (Å²) in [5, 5.41) is 0. The second-order valence-electron chi connectivity index (χ2n) is 47.0. The minimum Gasteiger partial charge on any atom is -0.415 e. The first-order valence-electron chi connectivity index (χ1n) is 49.4. The van der Waals surface area contributed by atoms with Gasteiger partial charge in [-0.05, 0) is 166 Å². The van der Waals surface area contributed by atoms with Gasteiger partial charge >= 0.3 is 128 Å². The lowest BCUT2D eigenvalue weighted by molar-refractivity contribution is 0.177. The Morgan fingerprint density at radius 2 is 0.0917 bits per heavy atom. The largest absolute Gasteiger partial charge is 0.415 e. The molecule has 0 aliphatic carbocycles. The summed E-state index contributed by atoms with van der Waals surface area (Å²) in [5.41, 5.74) is -0.793. The highest BCUT2D eigenvalue weighted by Crippen LogP contribution is 2.62. The van der Waals surface area contributed by atoms with E-state index < -0.39 is 128 Å². The van der Waals surface area contributed by atoms with Crippen LogP contribution in [0.15, 0.2) is 0 Å². The average molecular weight is 1950 g/mol. The molecule has 0 atom stereocenters. The Hall–Kier alpha value is 2.65. The topological polar surface area (TPSA) is 138 Å². The van der Waals surface area contributed by atoms with Crippen molar-refractivity contribution in [3.63, 3.8) is 0 Å². The Kier molecular flexibility index (Phi) is 45.6. The molecule has 1 aliphatic rings. The van der Waals surface area contributed by atoms with Gasteiger partial charge in [0.05, 0.1) is 0 Å². The van der Waals surface area contributed by atoms with E-state index in [1.807, 2.05) is 0 Å². The fraction of sp³-hybridized carbons (Fsp3) is 1.00. The highest BCUT2D eigenvalue weighted by molar-refractivity contribution is 7.01. The van der Waals surface area contributed by atoms with Gasteiger partial charge in [0.25, 0.3) is 0 Å². The van der Waals surface area contributed by atoms with E-state index in [4.69, 9.17) is 61.7 Å². The molecule has 1 heterocycles. The Balaban J connectivity index is 6.30. The van der Waals surface area contributed by atoms with Gasteiger partial charge in [-0.2, -0.15) is 0 Å². The zero-order valence-electron chi connectivity index (χ0n) is 90.9. The van der Waals surface area contributed by atoms with Crippen LogP contribution >= 0.6 is 0 Å². The minimum absolute atomic E-state index is 0.0264. The molecule has 0 aromatic rings. The third-order valence-corrected chi connectivity index (χ3v) is 115.